The minimum Gasteiger partial charge on any atom is -0.366 e. The Morgan fingerprint density at radius 3 is 2.35 bits per heavy atom. The van der Waals surface area contributed by atoms with Crippen LogP contribution in [0.3, 0.4) is 0 Å². The zero-order valence-corrected chi connectivity index (χ0v) is 11.7. The highest BCUT2D eigenvalue weighted by Crippen LogP contribution is 2.31. The largest absolute Gasteiger partial charge is 0.366 e. The number of hydrogen-bond acceptors (Lipinski definition) is 3. The topological polar surface area (TPSA) is 46.4 Å². The number of nitrogens with zero attached hydrogens (tertiary/aromatic N) is 2. The quantitative estimate of drug-likeness (QED) is 0.589. The van der Waals surface area contributed by atoms with Gasteiger partial charge in [-0.05, 0) is 25.0 Å². The maximum atomic E-state index is 11.0. The van der Waals surface area contributed by atoms with Crippen molar-refractivity contribution in [2.24, 2.45) is 0 Å². The smallest absolute Gasteiger partial charge is 0.293 e. The molecule has 0 unspecified atom stereocenters. The average Bonchev–Trinajstić information content (AvgIpc) is 2.28. The van der Waals surface area contributed by atoms with Crippen LogP contribution in [-0.4, -0.2) is 18.0 Å². The summed E-state index contributed by atoms with van der Waals surface area (Å²) in [6, 6.07) is 5.22. The number of halogens is 1. The Labute approximate surface area is 110 Å². The van der Waals surface area contributed by atoms with Crippen molar-refractivity contribution in [1.82, 2.24) is 0 Å². The van der Waals surface area contributed by atoms with E-state index in [0.29, 0.717) is 5.69 Å². The summed E-state index contributed by atoms with van der Waals surface area (Å²) in [7, 11) is 0. The maximum Gasteiger partial charge on any atom is 0.293 e. The van der Waals surface area contributed by atoms with Gasteiger partial charge in [0.25, 0.3) is 5.69 Å². The van der Waals surface area contributed by atoms with E-state index < -0.39 is 0 Å². The third kappa shape index (κ3) is 3.70. The van der Waals surface area contributed by atoms with Crippen LogP contribution in [0.25, 0.3) is 0 Å². The molecule has 4 nitrogen and oxygen atoms in total. The number of nitro benzene ring substituents is 1. The van der Waals surface area contributed by atoms with E-state index in [1.165, 1.54) is 0 Å². The number of anilines is 1. The lowest BCUT2D eigenvalue weighted by molar-refractivity contribution is -0.384. The number of benzene rings is 1. The molecule has 0 amide bonds. The van der Waals surface area contributed by atoms with Gasteiger partial charge in [-0.25, -0.2) is 0 Å². The molecule has 94 valence electrons. The van der Waals surface area contributed by atoms with Crippen molar-refractivity contribution in [2.75, 3.05) is 18.0 Å². The minimum atomic E-state index is -0.321. The molecule has 0 radical (unpaired) electrons. The van der Waals surface area contributed by atoms with Crippen molar-refractivity contribution in [3.05, 3.63) is 32.8 Å². The molecular formula is C12H17BrN2O2. The van der Waals surface area contributed by atoms with Crippen LogP contribution < -0.4 is 4.90 Å². The maximum absolute atomic E-state index is 11.0. The third-order valence-corrected chi connectivity index (χ3v) is 2.96. The van der Waals surface area contributed by atoms with E-state index in [0.717, 1.165) is 30.4 Å². The van der Waals surface area contributed by atoms with E-state index in [1.807, 2.05) is 12.1 Å². The molecule has 0 saturated carbocycles. The highest BCUT2D eigenvalue weighted by molar-refractivity contribution is 9.10. The molecule has 17 heavy (non-hydrogen) atoms. The van der Waals surface area contributed by atoms with Gasteiger partial charge in [-0.3, -0.25) is 10.1 Å². The second-order valence-corrected chi connectivity index (χ2v) is 4.79. The second-order valence-electron chi connectivity index (χ2n) is 3.88. The van der Waals surface area contributed by atoms with Gasteiger partial charge < -0.3 is 4.90 Å². The van der Waals surface area contributed by atoms with Crippen LogP contribution in [0.2, 0.25) is 0 Å². The normalized spacial score (nSPS) is 10.3. The molecule has 0 heterocycles. The molecule has 0 N–H and O–H groups in total. The fourth-order valence-corrected chi connectivity index (χ4v) is 2.15. The zero-order chi connectivity index (χ0) is 12.8. The summed E-state index contributed by atoms with van der Waals surface area (Å²) >= 11 is 3.27. The van der Waals surface area contributed by atoms with Gasteiger partial charge in [-0.1, -0.05) is 29.8 Å². The first kappa shape index (κ1) is 14.0. The molecule has 5 heteroatoms. The van der Waals surface area contributed by atoms with E-state index in [1.54, 1.807) is 6.07 Å². The first-order valence-corrected chi connectivity index (χ1v) is 6.58. The number of rotatable bonds is 6. The lowest BCUT2D eigenvalue weighted by Gasteiger charge is -2.23. The molecule has 1 aromatic rings. The van der Waals surface area contributed by atoms with E-state index in [4.69, 9.17) is 0 Å². The molecule has 1 rings (SSSR count). The SMILES string of the molecule is CCCN(CCC)c1ccc(Br)cc1[N+](=O)[O-]. The Morgan fingerprint density at radius 1 is 1.29 bits per heavy atom. The van der Waals surface area contributed by atoms with Gasteiger partial charge in [-0.2, -0.15) is 0 Å². The Balaban J connectivity index is 3.12. The Hall–Kier alpha value is -1.10. The van der Waals surface area contributed by atoms with Gasteiger partial charge in [-0.15, -0.1) is 0 Å². The predicted molar refractivity (Wildman–Crippen MR) is 73.6 cm³/mol. The van der Waals surface area contributed by atoms with Crippen LogP contribution in [-0.2, 0) is 0 Å². The first-order valence-electron chi connectivity index (χ1n) is 5.79. The summed E-state index contributed by atoms with van der Waals surface area (Å²) in [5, 5.41) is 11.0. The van der Waals surface area contributed by atoms with Crippen LogP contribution in [0.1, 0.15) is 26.7 Å². The van der Waals surface area contributed by atoms with E-state index in [9.17, 15) is 10.1 Å². The Kier molecular flexibility index (Phi) is 5.41. The van der Waals surface area contributed by atoms with Crippen molar-refractivity contribution in [3.63, 3.8) is 0 Å². The predicted octanol–water partition coefficient (Wildman–Crippen LogP) is 3.98. The average molecular weight is 301 g/mol. The van der Waals surface area contributed by atoms with Crippen molar-refractivity contribution in [3.8, 4) is 0 Å². The molecule has 1 aromatic carbocycles. The van der Waals surface area contributed by atoms with Gasteiger partial charge in [0.15, 0.2) is 0 Å². The third-order valence-electron chi connectivity index (χ3n) is 2.46. The summed E-state index contributed by atoms with van der Waals surface area (Å²) in [4.78, 5) is 12.8. The first-order chi connectivity index (χ1) is 8.10. The molecule has 0 aliphatic rings. The van der Waals surface area contributed by atoms with Gasteiger partial charge in [0, 0.05) is 23.6 Å². The highest BCUT2D eigenvalue weighted by atomic mass is 79.9. The van der Waals surface area contributed by atoms with Crippen LogP contribution in [0.15, 0.2) is 22.7 Å². The zero-order valence-electron chi connectivity index (χ0n) is 10.1. The van der Waals surface area contributed by atoms with Gasteiger partial charge in [0.05, 0.1) is 4.92 Å². The second kappa shape index (κ2) is 6.59. The van der Waals surface area contributed by atoms with Crippen molar-refractivity contribution in [1.29, 1.82) is 0 Å². The highest BCUT2D eigenvalue weighted by Gasteiger charge is 2.18. The van der Waals surface area contributed by atoms with Crippen LogP contribution in [0.5, 0.6) is 0 Å². The van der Waals surface area contributed by atoms with Gasteiger partial charge >= 0.3 is 0 Å². The van der Waals surface area contributed by atoms with Crippen LogP contribution in [0, 0.1) is 10.1 Å². The molecule has 0 aromatic heterocycles. The molecule has 0 saturated heterocycles. The van der Waals surface area contributed by atoms with Crippen molar-refractivity contribution < 1.29 is 4.92 Å². The molecule has 0 bridgehead atoms. The lowest BCUT2D eigenvalue weighted by atomic mass is 10.2. The van der Waals surface area contributed by atoms with Crippen LogP contribution >= 0.6 is 15.9 Å². The molecule has 0 aliphatic carbocycles. The standard InChI is InChI=1S/C12H17BrN2O2/c1-3-7-14(8-4-2)11-6-5-10(13)9-12(11)15(16)17/h5-6,9H,3-4,7-8H2,1-2H3. The molecule has 0 fully saturated rings. The summed E-state index contributed by atoms with van der Waals surface area (Å²) in [5.74, 6) is 0. The van der Waals surface area contributed by atoms with Gasteiger partial charge in [0.1, 0.15) is 5.69 Å². The van der Waals surface area contributed by atoms with E-state index >= 15 is 0 Å². The van der Waals surface area contributed by atoms with E-state index in [-0.39, 0.29) is 10.6 Å². The summed E-state index contributed by atoms with van der Waals surface area (Å²) in [6.45, 7) is 5.84. The number of nitro groups is 1. The van der Waals surface area contributed by atoms with E-state index in [2.05, 4.69) is 34.7 Å². The van der Waals surface area contributed by atoms with Gasteiger partial charge in [0.2, 0.25) is 0 Å². The summed E-state index contributed by atoms with van der Waals surface area (Å²) < 4.78 is 0.737. The van der Waals surface area contributed by atoms with Crippen molar-refractivity contribution >= 4 is 27.3 Å². The Bertz CT molecular complexity index is 390. The molecule has 0 aliphatic heterocycles. The monoisotopic (exact) mass is 300 g/mol. The fourth-order valence-electron chi connectivity index (χ4n) is 1.80. The van der Waals surface area contributed by atoms with Crippen molar-refractivity contribution in [2.45, 2.75) is 26.7 Å². The lowest BCUT2D eigenvalue weighted by Crippen LogP contribution is -2.25. The Morgan fingerprint density at radius 2 is 1.88 bits per heavy atom. The van der Waals surface area contributed by atoms with Crippen LogP contribution in [0.4, 0.5) is 11.4 Å². The summed E-state index contributed by atoms with van der Waals surface area (Å²) in [5.41, 5.74) is 0.878. The summed E-state index contributed by atoms with van der Waals surface area (Å²) in [6.07, 6.45) is 1.96. The number of hydrogen-bond donors (Lipinski definition) is 0. The minimum absolute atomic E-state index is 0.168. The molecular weight excluding hydrogens is 284 g/mol. The fraction of sp³-hybridized carbons (Fsp3) is 0.500. The molecule has 0 spiro atoms. The molecule has 0 atom stereocenters.